The summed E-state index contributed by atoms with van der Waals surface area (Å²) in [7, 11) is 0. The van der Waals surface area contributed by atoms with Crippen molar-refractivity contribution in [1.82, 2.24) is 5.32 Å². The van der Waals surface area contributed by atoms with Gasteiger partial charge in [0.05, 0.1) is 0 Å². The number of carbonyl (C=O) groups excluding carboxylic acids is 1. The quantitative estimate of drug-likeness (QED) is 0.575. The maximum Gasteiger partial charge on any atom is 0.329 e. The van der Waals surface area contributed by atoms with Crippen LogP contribution >= 0.6 is 0 Å². The molecule has 0 aromatic heterocycles. The second-order valence-electron chi connectivity index (χ2n) is 1.93. The minimum atomic E-state index is -1.10. The molecular formula is C7H9NO3. The summed E-state index contributed by atoms with van der Waals surface area (Å²) in [6.07, 6.45) is 1.89. The molecule has 0 rings (SSSR count). The van der Waals surface area contributed by atoms with E-state index in [1.165, 1.54) is 6.92 Å². The summed E-state index contributed by atoms with van der Waals surface area (Å²) < 4.78 is 0. The Morgan fingerprint density at radius 2 is 2.09 bits per heavy atom. The third kappa shape index (κ3) is 4.90. The summed E-state index contributed by atoms with van der Waals surface area (Å²) in [6, 6.07) is 0. The number of hydrogen-bond donors (Lipinski definition) is 2. The molecule has 0 aromatic carbocycles. The van der Waals surface area contributed by atoms with Gasteiger partial charge in [-0.15, -0.1) is 0 Å². The van der Waals surface area contributed by atoms with Crippen LogP contribution in [0.1, 0.15) is 6.92 Å². The smallest absolute Gasteiger partial charge is 0.329 e. The molecule has 0 unspecified atom stereocenters. The van der Waals surface area contributed by atoms with E-state index < -0.39 is 5.97 Å². The molecule has 0 heterocycles. The van der Waals surface area contributed by atoms with E-state index in [0.29, 0.717) is 5.57 Å². The van der Waals surface area contributed by atoms with Gasteiger partial charge in [0.2, 0.25) is 5.91 Å². The van der Waals surface area contributed by atoms with Gasteiger partial charge in [0.15, 0.2) is 0 Å². The summed E-state index contributed by atoms with van der Waals surface area (Å²) in [6.45, 7) is 4.89. The number of nitrogens with one attached hydrogen (secondary N) is 1. The fourth-order valence-corrected chi connectivity index (χ4v) is 0.312. The molecule has 11 heavy (non-hydrogen) atoms. The van der Waals surface area contributed by atoms with Crippen molar-refractivity contribution in [2.45, 2.75) is 6.92 Å². The fraction of sp³-hybridized carbons (Fsp3) is 0.143. The molecule has 0 aliphatic carbocycles. The van der Waals surface area contributed by atoms with Crippen molar-refractivity contribution < 1.29 is 14.7 Å². The Labute approximate surface area is 64.2 Å². The molecule has 2 N–H and O–H groups in total. The number of carbonyl (C=O) groups is 2. The van der Waals surface area contributed by atoms with Gasteiger partial charge < -0.3 is 10.4 Å². The SMILES string of the molecule is C=C(C)C(=O)NC=CC(=O)O. The van der Waals surface area contributed by atoms with Gasteiger partial charge in [0, 0.05) is 17.8 Å². The third-order valence-corrected chi connectivity index (χ3v) is 0.828. The van der Waals surface area contributed by atoms with E-state index in [2.05, 4.69) is 11.9 Å². The van der Waals surface area contributed by atoms with Crippen LogP contribution in [0.3, 0.4) is 0 Å². The van der Waals surface area contributed by atoms with E-state index in [-0.39, 0.29) is 5.91 Å². The molecule has 0 bridgehead atoms. The number of amides is 1. The van der Waals surface area contributed by atoms with Gasteiger partial charge in [-0.3, -0.25) is 4.79 Å². The van der Waals surface area contributed by atoms with Gasteiger partial charge in [0.25, 0.3) is 0 Å². The van der Waals surface area contributed by atoms with Crippen LogP contribution in [0.2, 0.25) is 0 Å². The lowest BCUT2D eigenvalue weighted by molar-refractivity contribution is -0.131. The number of carboxylic acid groups (broad SMARTS) is 1. The average Bonchev–Trinajstić information content (AvgIpc) is 1.86. The first-order valence-corrected chi connectivity index (χ1v) is 2.90. The monoisotopic (exact) mass is 155 g/mol. The Balaban J connectivity index is 3.80. The van der Waals surface area contributed by atoms with Gasteiger partial charge in [-0.1, -0.05) is 6.58 Å². The number of carboxylic acids is 1. The average molecular weight is 155 g/mol. The number of aliphatic carboxylic acids is 1. The zero-order chi connectivity index (χ0) is 8.85. The van der Waals surface area contributed by atoms with Gasteiger partial charge in [0.1, 0.15) is 0 Å². The van der Waals surface area contributed by atoms with Crippen LogP contribution in [0.25, 0.3) is 0 Å². The zero-order valence-electron chi connectivity index (χ0n) is 6.13. The van der Waals surface area contributed by atoms with Crippen molar-refractivity contribution in [3.05, 3.63) is 24.4 Å². The molecule has 0 atom stereocenters. The summed E-state index contributed by atoms with van der Waals surface area (Å²) >= 11 is 0. The molecule has 0 saturated heterocycles. The maximum absolute atomic E-state index is 10.7. The second kappa shape index (κ2) is 4.27. The van der Waals surface area contributed by atoms with Gasteiger partial charge in [-0.2, -0.15) is 0 Å². The summed E-state index contributed by atoms with van der Waals surface area (Å²) in [5.74, 6) is -1.49. The van der Waals surface area contributed by atoms with E-state index in [0.717, 1.165) is 12.3 Å². The van der Waals surface area contributed by atoms with Crippen LogP contribution < -0.4 is 5.32 Å². The van der Waals surface area contributed by atoms with Crippen LogP contribution in [-0.2, 0) is 9.59 Å². The van der Waals surface area contributed by atoms with Gasteiger partial charge in [-0.25, -0.2) is 4.79 Å². The molecule has 0 fully saturated rings. The minimum absolute atomic E-state index is 0.333. The molecule has 4 nitrogen and oxygen atoms in total. The Bertz CT molecular complexity index is 218. The molecule has 0 radical (unpaired) electrons. The Morgan fingerprint density at radius 3 is 2.45 bits per heavy atom. The van der Waals surface area contributed by atoms with Crippen molar-refractivity contribution in [2.24, 2.45) is 0 Å². The highest BCUT2D eigenvalue weighted by molar-refractivity contribution is 5.93. The fourth-order valence-electron chi connectivity index (χ4n) is 0.312. The number of rotatable bonds is 3. The van der Waals surface area contributed by atoms with Crippen LogP contribution in [-0.4, -0.2) is 17.0 Å². The molecule has 0 aromatic rings. The van der Waals surface area contributed by atoms with E-state index in [9.17, 15) is 9.59 Å². The Hall–Kier alpha value is -1.58. The molecule has 0 saturated carbocycles. The standard InChI is InChI=1S/C7H9NO3/c1-5(2)7(11)8-4-3-6(9)10/h3-4H,1H2,2H3,(H,8,11)(H,9,10). The van der Waals surface area contributed by atoms with Crippen molar-refractivity contribution in [2.75, 3.05) is 0 Å². The van der Waals surface area contributed by atoms with Crippen molar-refractivity contribution in [3.8, 4) is 0 Å². The van der Waals surface area contributed by atoms with Crippen molar-refractivity contribution in [3.63, 3.8) is 0 Å². The summed E-state index contributed by atoms with van der Waals surface area (Å²) in [4.78, 5) is 20.6. The lowest BCUT2D eigenvalue weighted by Crippen LogP contribution is -2.17. The zero-order valence-corrected chi connectivity index (χ0v) is 6.13. The van der Waals surface area contributed by atoms with E-state index >= 15 is 0 Å². The van der Waals surface area contributed by atoms with E-state index in [4.69, 9.17) is 5.11 Å². The largest absolute Gasteiger partial charge is 0.478 e. The van der Waals surface area contributed by atoms with Gasteiger partial charge >= 0.3 is 5.97 Å². The maximum atomic E-state index is 10.7. The van der Waals surface area contributed by atoms with Crippen LogP contribution in [0.5, 0.6) is 0 Å². The molecule has 60 valence electrons. The number of hydrogen-bond acceptors (Lipinski definition) is 2. The summed E-state index contributed by atoms with van der Waals surface area (Å²) in [5, 5.41) is 10.3. The Morgan fingerprint density at radius 1 is 1.55 bits per heavy atom. The normalized spacial score (nSPS) is 9.55. The molecular weight excluding hydrogens is 146 g/mol. The summed E-state index contributed by atoms with van der Waals surface area (Å²) in [5.41, 5.74) is 0.333. The highest BCUT2D eigenvalue weighted by Crippen LogP contribution is 1.84. The highest BCUT2D eigenvalue weighted by Gasteiger charge is 1.96. The first kappa shape index (κ1) is 9.42. The second-order valence-corrected chi connectivity index (χ2v) is 1.93. The highest BCUT2D eigenvalue weighted by atomic mass is 16.4. The third-order valence-electron chi connectivity index (χ3n) is 0.828. The van der Waals surface area contributed by atoms with Crippen molar-refractivity contribution >= 4 is 11.9 Å². The first-order valence-electron chi connectivity index (χ1n) is 2.90. The van der Waals surface area contributed by atoms with E-state index in [1.54, 1.807) is 0 Å². The molecule has 0 aliphatic rings. The first-order chi connectivity index (χ1) is 5.04. The molecule has 1 amide bonds. The lowest BCUT2D eigenvalue weighted by atomic mass is 10.3. The molecule has 0 aliphatic heterocycles. The van der Waals surface area contributed by atoms with E-state index in [1.807, 2.05) is 0 Å². The lowest BCUT2D eigenvalue weighted by Gasteiger charge is -1.94. The van der Waals surface area contributed by atoms with Crippen LogP contribution in [0.4, 0.5) is 0 Å². The molecule has 0 spiro atoms. The topological polar surface area (TPSA) is 66.4 Å². The van der Waals surface area contributed by atoms with Crippen LogP contribution in [0, 0.1) is 0 Å². The molecule has 4 heteroatoms. The predicted octanol–water partition coefficient (Wildman–Crippen LogP) is 0.277. The minimum Gasteiger partial charge on any atom is -0.478 e. The van der Waals surface area contributed by atoms with Crippen molar-refractivity contribution in [1.29, 1.82) is 0 Å². The van der Waals surface area contributed by atoms with Gasteiger partial charge in [-0.05, 0) is 6.92 Å². The predicted molar refractivity (Wildman–Crippen MR) is 39.7 cm³/mol. The Kier molecular flexibility index (Phi) is 3.66. The van der Waals surface area contributed by atoms with Crippen LogP contribution in [0.15, 0.2) is 24.4 Å².